The lowest BCUT2D eigenvalue weighted by molar-refractivity contribution is -0.126. The summed E-state index contributed by atoms with van der Waals surface area (Å²) in [5.74, 6) is -0.102. The van der Waals surface area contributed by atoms with Crippen LogP contribution >= 0.6 is 11.6 Å². The maximum atomic E-state index is 11.8. The van der Waals surface area contributed by atoms with Crippen molar-refractivity contribution in [2.45, 2.75) is 6.42 Å². The third-order valence-electron chi connectivity index (χ3n) is 3.16. The van der Waals surface area contributed by atoms with E-state index in [0.29, 0.717) is 10.8 Å². The Labute approximate surface area is 145 Å². The molecule has 0 aliphatic carbocycles. The summed E-state index contributed by atoms with van der Waals surface area (Å²) in [7, 11) is 1.56. The van der Waals surface area contributed by atoms with Crippen LogP contribution in [0.25, 0.3) is 6.08 Å². The summed E-state index contributed by atoms with van der Waals surface area (Å²) in [6, 6.07) is 14.2. The van der Waals surface area contributed by atoms with E-state index in [0.717, 1.165) is 11.1 Å². The van der Waals surface area contributed by atoms with Crippen molar-refractivity contribution >= 4 is 29.5 Å². The average molecular weight is 345 g/mol. The molecule has 2 aromatic rings. The van der Waals surface area contributed by atoms with Crippen molar-refractivity contribution in [1.82, 2.24) is 10.9 Å². The molecular weight excluding hydrogens is 328 g/mol. The minimum Gasteiger partial charge on any atom is -0.496 e. The van der Waals surface area contributed by atoms with E-state index in [9.17, 15) is 9.59 Å². The first-order valence-corrected chi connectivity index (χ1v) is 7.60. The fourth-order valence-corrected chi connectivity index (χ4v) is 2.10. The number of halogens is 1. The van der Waals surface area contributed by atoms with Crippen LogP contribution in [0.15, 0.2) is 54.6 Å². The minimum atomic E-state index is -0.439. The molecule has 0 aromatic heterocycles. The first-order chi connectivity index (χ1) is 11.6. The van der Waals surface area contributed by atoms with Crippen LogP contribution < -0.4 is 15.6 Å². The number of carbonyl (C=O) groups excluding carboxylic acids is 2. The van der Waals surface area contributed by atoms with Crippen molar-refractivity contribution in [3.05, 3.63) is 70.8 Å². The molecular formula is C18H17ClN2O3. The zero-order valence-corrected chi connectivity index (χ0v) is 13.8. The van der Waals surface area contributed by atoms with Gasteiger partial charge in [0, 0.05) is 16.7 Å². The Kier molecular flexibility index (Phi) is 6.40. The first-order valence-electron chi connectivity index (χ1n) is 7.23. The third kappa shape index (κ3) is 5.44. The monoisotopic (exact) mass is 344 g/mol. The predicted octanol–water partition coefficient (Wildman–Crippen LogP) is 2.75. The Bertz CT molecular complexity index is 742. The van der Waals surface area contributed by atoms with Gasteiger partial charge in [0.05, 0.1) is 13.5 Å². The number of amides is 2. The van der Waals surface area contributed by atoms with E-state index in [-0.39, 0.29) is 12.3 Å². The lowest BCUT2D eigenvalue weighted by Gasteiger charge is -2.06. The van der Waals surface area contributed by atoms with E-state index < -0.39 is 5.91 Å². The van der Waals surface area contributed by atoms with Gasteiger partial charge in [-0.15, -0.1) is 0 Å². The van der Waals surface area contributed by atoms with Crippen LogP contribution in [0, 0.1) is 0 Å². The van der Waals surface area contributed by atoms with Gasteiger partial charge in [-0.2, -0.15) is 0 Å². The second-order valence-corrected chi connectivity index (χ2v) is 5.35. The molecule has 0 aliphatic heterocycles. The molecule has 0 spiro atoms. The van der Waals surface area contributed by atoms with Crippen molar-refractivity contribution in [2.75, 3.05) is 7.11 Å². The smallest absolute Gasteiger partial charge is 0.262 e. The van der Waals surface area contributed by atoms with E-state index >= 15 is 0 Å². The Morgan fingerprint density at radius 2 is 1.79 bits per heavy atom. The molecule has 0 saturated heterocycles. The van der Waals surface area contributed by atoms with Gasteiger partial charge < -0.3 is 4.74 Å². The highest BCUT2D eigenvalue weighted by Crippen LogP contribution is 2.18. The second-order valence-electron chi connectivity index (χ2n) is 4.92. The molecule has 0 bridgehead atoms. The van der Waals surface area contributed by atoms with Gasteiger partial charge in [0.25, 0.3) is 5.91 Å². The van der Waals surface area contributed by atoms with Crippen molar-refractivity contribution in [3.63, 3.8) is 0 Å². The van der Waals surface area contributed by atoms with Crippen LogP contribution in [0.1, 0.15) is 11.1 Å². The number of ether oxygens (including phenoxy) is 1. The lowest BCUT2D eigenvalue weighted by Crippen LogP contribution is -2.41. The van der Waals surface area contributed by atoms with Crippen molar-refractivity contribution in [3.8, 4) is 5.75 Å². The normalized spacial score (nSPS) is 10.4. The predicted molar refractivity (Wildman–Crippen MR) is 93.5 cm³/mol. The molecule has 2 amide bonds. The quantitative estimate of drug-likeness (QED) is 0.647. The van der Waals surface area contributed by atoms with Crippen LogP contribution in [-0.4, -0.2) is 18.9 Å². The number of hydrogen-bond acceptors (Lipinski definition) is 3. The third-order valence-corrected chi connectivity index (χ3v) is 3.41. The second kappa shape index (κ2) is 8.74. The van der Waals surface area contributed by atoms with Crippen LogP contribution in [0.5, 0.6) is 5.75 Å². The summed E-state index contributed by atoms with van der Waals surface area (Å²) < 4.78 is 5.19. The highest BCUT2D eigenvalue weighted by Gasteiger charge is 2.04. The number of carbonyl (C=O) groups is 2. The standard InChI is InChI=1S/C18H17ClN2O3/c1-24-16-5-3-2-4-14(16)8-11-17(22)20-21-18(23)12-13-6-9-15(19)10-7-13/h2-11H,12H2,1H3,(H,20,22)(H,21,23)/b11-8+. The lowest BCUT2D eigenvalue weighted by atomic mass is 10.1. The Hall–Kier alpha value is -2.79. The molecule has 0 fully saturated rings. The maximum absolute atomic E-state index is 11.8. The van der Waals surface area contributed by atoms with Crippen LogP contribution in [-0.2, 0) is 16.0 Å². The Morgan fingerprint density at radius 1 is 1.08 bits per heavy atom. The fraction of sp³-hybridized carbons (Fsp3) is 0.111. The summed E-state index contributed by atoms with van der Waals surface area (Å²) in [5, 5.41) is 0.605. The molecule has 5 nitrogen and oxygen atoms in total. The van der Waals surface area contributed by atoms with Gasteiger partial charge in [-0.25, -0.2) is 0 Å². The molecule has 6 heteroatoms. The highest BCUT2D eigenvalue weighted by atomic mass is 35.5. The molecule has 0 heterocycles. The van der Waals surface area contributed by atoms with Crippen LogP contribution in [0.2, 0.25) is 5.02 Å². The molecule has 2 rings (SSSR count). The van der Waals surface area contributed by atoms with Gasteiger partial charge in [0.2, 0.25) is 5.91 Å². The number of methoxy groups -OCH3 is 1. The number of rotatable bonds is 5. The van der Waals surface area contributed by atoms with Gasteiger partial charge in [-0.05, 0) is 29.8 Å². The van der Waals surface area contributed by atoms with Gasteiger partial charge in [0.15, 0.2) is 0 Å². The molecule has 124 valence electrons. The topological polar surface area (TPSA) is 67.4 Å². The van der Waals surface area contributed by atoms with Crippen molar-refractivity contribution in [1.29, 1.82) is 0 Å². The molecule has 0 atom stereocenters. The Morgan fingerprint density at radius 3 is 2.50 bits per heavy atom. The summed E-state index contributed by atoms with van der Waals surface area (Å²) in [4.78, 5) is 23.5. The zero-order chi connectivity index (χ0) is 17.4. The SMILES string of the molecule is COc1ccccc1/C=C/C(=O)NNC(=O)Cc1ccc(Cl)cc1. The van der Waals surface area contributed by atoms with Crippen molar-refractivity contribution < 1.29 is 14.3 Å². The van der Waals surface area contributed by atoms with E-state index in [1.807, 2.05) is 18.2 Å². The van der Waals surface area contributed by atoms with Gasteiger partial charge in [-0.1, -0.05) is 41.9 Å². The summed E-state index contributed by atoms with van der Waals surface area (Å²) in [5.41, 5.74) is 6.25. The van der Waals surface area contributed by atoms with E-state index in [1.54, 1.807) is 43.5 Å². The molecule has 0 aliphatic rings. The number of para-hydroxylation sites is 1. The van der Waals surface area contributed by atoms with E-state index in [2.05, 4.69) is 10.9 Å². The van der Waals surface area contributed by atoms with Crippen molar-refractivity contribution in [2.24, 2.45) is 0 Å². The molecule has 24 heavy (non-hydrogen) atoms. The van der Waals surface area contributed by atoms with E-state index in [4.69, 9.17) is 16.3 Å². The number of hydrazine groups is 1. The average Bonchev–Trinajstić information content (AvgIpc) is 2.60. The van der Waals surface area contributed by atoms with Gasteiger partial charge in [0.1, 0.15) is 5.75 Å². The molecule has 0 unspecified atom stereocenters. The zero-order valence-electron chi connectivity index (χ0n) is 13.1. The first kappa shape index (κ1) is 17.6. The molecule has 0 radical (unpaired) electrons. The summed E-state index contributed by atoms with van der Waals surface area (Å²) >= 11 is 5.78. The van der Waals surface area contributed by atoms with E-state index in [1.165, 1.54) is 6.08 Å². The number of hydrogen-bond donors (Lipinski definition) is 2. The number of benzene rings is 2. The maximum Gasteiger partial charge on any atom is 0.262 e. The summed E-state index contributed by atoms with van der Waals surface area (Å²) in [6.07, 6.45) is 3.08. The highest BCUT2D eigenvalue weighted by molar-refractivity contribution is 6.30. The van der Waals surface area contributed by atoms with Crippen LogP contribution in [0.3, 0.4) is 0 Å². The Balaban J connectivity index is 1.83. The summed E-state index contributed by atoms with van der Waals surface area (Å²) in [6.45, 7) is 0. The van der Waals surface area contributed by atoms with Gasteiger partial charge in [-0.3, -0.25) is 20.4 Å². The molecule has 2 N–H and O–H groups in total. The van der Waals surface area contributed by atoms with Crippen LogP contribution in [0.4, 0.5) is 0 Å². The molecule has 0 saturated carbocycles. The largest absolute Gasteiger partial charge is 0.496 e. The fourth-order valence-electron chi connectivity index (χ4n) is 1.97. The van der Waals surface area contributed by atoms with Gasteiger partial charge >= 0.3 is 0 Å². The minimum absolute atomic E-state index is 0.146. The molecule has 2 aromatic carbocycles. The number of nitrogens with one attached hydrogen (secondary N) is 2.